The lowest BCUT2D eigenvalue weighted by molar-refractivity contribution is -0.155. The highest BCUT2D eigenvalue weighted by molar-refractivity contribution is 5.88. The molecule has 2 atom stereocenters. The van der Waals surface area contributed by atoms with E-state index in [-0.39, 0.29) is 24.8 Å². The van der Waals surface area contributed by atoms with Gasteiger partial charge in [0, 0.05) is 13.1 Å². The van der Waals surface area contributed by atoms with Crippen LogP contribution in [0.1, 0.15) is 33.1 Å². The summed E-state index contributed by atoms with van der Waals surface area (Å²) in [6, 6.07) is -0.645. The molecule has 1 rings (SSSR count). The fourth-order valence-electron chi connectivity index (χ4n) is 2.48. The van der Waals surface area contributed by atoms with E-state index in [0.717, 1.165) is 12.8 Å². The molecule has 1 heterocycles. The minimum atomic E-state index is -0.645. The van der Waals surface area contributed by atoms with E-state index in [4.69, 9.17) is 4.74 Å². The van der Waals surface area contributed by atoms with E-state index in [1.54, 1.807) is 11.8 Å². The van der Waals surface area contributed by atoms with Crippen LogP contribution in [0.3, 0.4) is 0 Å². The molecule has 0 spiro atoms. The van der Waals surface area contributed by atoms with Crippen molar-refractivity contribution in [2.24, 2.45) is 5.92 Å². The van der Waals surface area contributed by atoms with Crippen LogP contribution >= 0.6 is 0 Å². The molecular formula is C15H27N3O5. The van der Waals surface area contributed by atoms with Crippen molar-refractivity contribution in [3.05, 3.63) is 0 Å². The van der Waals surface area contributed by atoms with Crippen molar-refractivity contribution in [1.82, 2.24) is 15.3 Å². The minimum absolute atomic E-state index is 0.0756. The van der Waals surface area contributed by atoms with E-state index in [2.05, 4.69) is 5.32 Å². The lowest BCUT2D eigenvalue weighted by Crippen LogP contribution is -2.52. The topological polar surface area (TPSA) is 99.2 Å². The molecule has 0 aromatic carbocycles. The molecule has 3 amide bonds. The van der Waals surface area contributed by atoms with Gasteiger partial charge in [-0.25, -0.2) is 5.06 Å². The van der Waals surface area contributed by atoms with Crippen molar-refractivity contribution in [1.29, 1.82) is 0 Å². The van der Waals surface area contributed by atoms with Crippen molar-refractivity contribution < 1.29 is 24.3 Å². The van der Waals surface area contributed by atoms with Gasteiger partial charge in [0.05, 0.1) is 25.7 Å². The Morgan fingerprint density at radius 3 is 2.61 bits per heavy atom. The molecule has 1 aliphatic rings. The summed E-state index contributed by atoms with van der Waals surface area (Å²) in [5.74, 6) is -1.01. The third-order valence-corrected chi connectivity index (χ3v) is 3.86. The lowest BCUT2D eigenvalue weighted by Gasteiger charge is -2.30. The van der Waals surface area contributed by atoms with E-state index < -0.39 is 12.0 Å². The first-order chi connectivity index (χ1) is 11.0. The average molecular weight is 329 g/mol. The zero-order chi connectivity index (χ0) is 17.2. The standard InChI is InChI=1S/C15H27N3O5/c1-3-4-5-13(10-18(22)11-19)14(20)16-12(2)15(21)17-6-8-23-9-7-17/h11-13,22H,3-10H2,1-2H3,(H,16,20)/t12-,13?/m0/s1. The van der Waals surface area contributed by atoms with Crippen molar-refractivity contribution in [3.63, 3.8) is 0 Å². The molecule has 0 saturated carbocycles. The van der Waals surface area contributed by atoms with Gasteiger partial charge in [-0.2, -0.15) is 0 Å². The largest absolute Gasteiger partial charge is 0.378 e. The Morgan fingerprint density at radius 2 is 2.04 bits per heavy atom. The molecule has 0 radical (unpaired) electrons. The number of hydrogen-bond donors (Lipinski definition) is 2. The molecule has 23 heavy (non-hydrogen) atoms. The van der Waals surface area contributed by atoms with Gasteiger partial charge in [0.1, 0.15) is 6.04 Å². The number of nitrogens with zero attached hydrogens (tertiary/aromatic N) is 2. The number of morpholine rings is 1. The van der Waals surface area contributed by atoms with Gasteiger partial charge in [-0.15, -0.1) is 0 Å². The van der Waals surface area contributed by atoms with Crippen molar-refractivity contribution in [3.8, 4) is 0 Å². The van der Waals surface area contributed by atoms with Crippen LogP contribution in [0.25, 0.3) is 0 Å². The second-order valence-corrected chi connectivity index (χ2v) is 5.73. The third kappa shape index (κ3) is 6.54. The summed E-state index contributed by atoms with van der Waals surface area (Å²) in [5, 5.41) is 12.5. The van der Waals surface area contributed by atoms with Crippen LogP contribution in [0, 0.1) is 5.92 Å². The van der Waals surface area contributed by atoms with Crippen LogP contribution in [0.15, 0.2) is 0 Å². The van der Waals surface area contributed by atoms with Gasteiger partial charge < -0.3 is 15.0 Å². The van der Waals surface area contributed by atoms with Gasteiger partial charge in [-0.05, 0) is 13.3 Å². The van der Waals surface area contributed by atoms with E-state index in [1.807, 2.05) is 6.92 Å². The maximum Gasteiger partial charge on any atom is 0.245 e. The van der Waals surface area contributed by atoms with Crippen LogP contribution in [0.4, 0.5) is 0 Å². The Balaban J connectivity index is 2.56. The predicted octanol–water partition coefficient (Wildman–Crippen LogP) is 0.00390. The highest BCUT2D eigenvalue weighted by Crippen LogP contribution is 2.11. The van der Waals surface area contributed by atoms with Crippen LogP contribution in [-0.4, -0.2) is 72.3 Å². The molecule has 1 aliphatic heterocycles. The fourth-order valence-corrected chi connectivity index (χ4v) is 2.48. The number of amides is 3. The van der Waals surface area contributed by atoms with Crippen molar-refractivity contribution >= 4 is 18.2 Å². The van der Waals surface area contributed by atoms with Crippen molar-refractivity contribution in [2.45, 2.75) is 39.2 Å². The highest BCUT2D eigenvalue weighted by Gasteiger charge is 2.27. The van der Waals surface area contributed by atoms with Gasteiger partial charge in [-0.3, -0.25) is 19.6 Å². The number of nitrogens with one attached hydrogen (secondary N) is 1. The number of hydrogen-bond acceptors (Lipinski definition) is 5. The first-order valence-electron chi connectivity index (χ1n) is 8.07. The second kappa shape index (κ2) is 10.2. The molecule has 8 heteroatoms. The van der Waals surface area contributed by atoms with Crippen molar-refractivity contribution in [2.75, 3.05) is 32.8 Å². The molecular weight excluding hydrogens is 302 g/mol. The second-order valence-electron chi connectivity index (χ2n) is 5.73. The Morgan fingerprint density at radius 1 is 1.39 bits per heavy atom. The first kappa shape index (κ1) is 19.4. The predicted molar refractivity (Wildman–Crippen MR) is 82.6 cm³/mol. The van der Waals surface area contributed by atoms with E-state index in [9.17, 15) is 19.6 Å². The maximum absolute atomic E-state index is 12.3. The first-order valence-corrected chi connectivity index (χ1v) is 8.07. The average Bonchev–Trinajstić information content (AvgIpc) is 2.58. The number of rotatable bonds is 9. The van der Waals surface area contributed by atoms with Gasteiger partial charge in [0.15, 0.2) is 0 Å². The molecule has 0 bridgehead atoms. The molecule has 1 unspecified atom stereocenters. The molecule has 0 aliphatic carbocycles. The molecule has 132 valence electrons. The number of hydroxylamine groups is 2. The number of unbranched alkanes of at least 4 members (excludes halogenated alkanes) is 1. The Hall–Kier alpha value is -1.67. The highest BCUT2D eigenvalue weighted by atomic mass is 16.5. The van der Waals surface area contributed by atoms with E-state index in [0.29, 0.717) is 37.8 Å². The quantitative estimate of drug-likeness (QED) is 0.352. The summed E-state index contributed by atoms with van der Waals surface area (Å²) in [6.45, 7) is 5.61. The molecule has 1 saturated heterocycles. The van der Waals surface area contributed by atoms with E-state index >= 15 is 0 Å². The minimum Gasteiger partial charge on any atom is -0.378 e. The summed E-state index contributed by atoms with van der Waals surface area (Å²) >= 11 is 0. The number of ether oxygens (including phenoxy) is 1. The monoisotopic (exact) mass is 329 g/mol. The molecule has 8 nitrogen and oxygen atoms in total. The van der Waals surface area contributed by atoms with Gasteiger partial charge in [0.2, 0.25) is 18.2 Å². The summed E-state index contributed by atoms with van der Waals surface area (Å²) in [4.78, 5) is 36.8. The summed E-state index contributed by atoms with van der Waals surface area (Å²) < 4.78 is 5.20. The smallest absolute Gasteiger partial charge is 0.245 e. The summed E-state index contributed by atoms with van der Waals surface area (Å²) in [5.41, 5.74) is 0. The normalized spacial score (nSPS) is 17.3. The Labute approximate surface area is 136 Å². The maximum atomic E-state index is 12.3. The van der Waals surface area contributed by atoms with Crippen LogP contribution in [-0.2, 0) is 19.1 Å². The Kier molecular flexibility index (Phi) is 8.57. The third-order valence-electron chi connectivity index (χ3n) is 3.86. The fraction of sp³-hybridized carbons (Fsp3) is 0.800. The number of carbonyl (C=O) groups is 3. The molecule has 0 aromatic rings. The molecule has 0 aromatic heterocycles. The lowest BCUT2D eigenvalue weighted by atomic mass is 10.0. The van der Waals surface area contributed by atoms with E-state index in [1.165, 1.54) is 0 Å². The molecule has 1 fully saturated rings. The van der Waals surface area contributed by atoms with Gasteiger partial charge in [-0.1, -0.05) is 19.8 Å². The molecule has 2 N–H and O–H groups in total. The summed E-state index contributed by atoms with van der Waals surface area (Å²) in [6.07, 6.45) is 2.52. The zero-order valence-electron chi connectivity index (χ0n) is 13.9. The van der Waals surface area contributed by atoms with Gasteiger partial charge >= 0.3 is 0 Å². The number of carbonyl (C=O) groups excluding carboxylic acids is 3. The zero-order valence-corrected chi connectivity index (χ0v) is 13.9. The van der Waals surface area contributed by atoms with Gasteiger partial charge in [0.25, 0.3) is 0 Å². The SMILES string of the molecule is CCCCC(CN(O)C=O)C(=O)N[C@@H](C)C(=O)N1CCOCC1. The van der Waals surface area contributed by atoms with Crippen LogP contribution in [0.5, 0.6) is 0 Å². The Bertz CT molecular complexity index is 399. The van der Waals surface area contributed by atoms with Crippen LogP contribution < -0.4 is 5.32 Å². The van der Waals surface area contributed by atoms with Crippen LogP contribution in [0.2, 0.25) is 0 Å². The summed E-state index contributed by atoms with van der Waals surface area (Å²) in [7, 11) is 0.